The van der Waals surface area contributed by atoms with Gasteiger partial charge in [-0.1, -0.05) is 55.5 Å². The van der Waals surface area contributed by atoms with Crippen LogP contribution in [-0.4, -0.2) is 33.0 Å². The quantitative estimate of drug-likeness (QED) is 0.839. The molecule has 1 N–H and O–H groups in total. The fraction of sp³-hybridized carbons (Fsp3) is 0.312. The number of benzene rings is 1. The molecule has 0 bridgehead atoms. The Morgan fingerprint density at radius 1 is 1.42 bits per heavy atom. The van der Waals surface area contributed by atoms with E-state index in [1.54, 1.807) is 0 Å². The summed E-state index contributed by atoms with van der Waals surface area (Å²) in [5, 5.41) is 9.44. The van der Waals surface area contributed by atoms with E-state index in [4.69, 9.17) is 5.41 Å². The lowest BCUT2D eigenvalue weighted by atomic mass is 9.99. The van der Waals surface area contributed by atoms with Gasteiger partial charge < -0.3 is 4.90 Å². The summed E-state index contributed by atoms with van der Waals surface area (Å²) in [6, 6.07) is 10.1. The van der Waals surface area contributed by atoms with E-state index in [1.807, 2.05) is 18.0 Å². The molecule has 99 valence electrons. The number of hydrogen-bond donors (Lipinski definition) is 1. The topological polar surface area (TPSA) is 27.1 Å². The second-order valence-electron chi connectivity index (χ2n) is 5.10. The van der Waals surface area contributed by atoms with Crippen LogP contribution in [0.25, 0.3) is 5.57 Å². The van der Waals surface area contributed by atoms with Gasteiger partial charge in [0, 0.05) is 13.6 Å². The highest BCUT2D eigenvalue weighted by Gasteiger charge is 2.17. The lowest BCUT2D eigenvalue weighted by molar-refractivity contribution is 0.492. The predicted octanol–water partition coefficient (Wildman–Crippen LogP) is 2.90. The molecule has 19 heavy (non-hydrogen) atoms. The second-order valence-corrected chi connectivity index (χ2v) is 7.95. The summed E-state index contributed by atoms with van der Waals surface area (Å²) in [5.74, 6) is 0. The van der Waals surface area contributed by atoms with Crippen LogP contribution >= 0.6 is 0 Å². The van der Waals surface area contributed by atoms with Gasteiger partial charge in [0.25, 0.3) is 0 Å². The molecule has 0 aliphatic carbocycles. The van der Waals surface area contributed by atoms with Crippen molar-refractivity contribution in [2.24, 2.45) is 0 Å². The zero-order valence-electron chi connectivity index (χ0n) is 12.0. The summed E-state index contributed by atoms with van der Waals surface area (Å²) in [6.07, 6.45) is 1.95. The van der Waals surface area contributed by atoms with Crippen LogP contribution in [0.15, 0.2) is 42.6 Å². The minimum Gasteiger partial charge on any atom is -0.369 e. The van der Waals surface area contributed by atoms with Gasteiger partial charge in [0.05, 0.1) is 20.2 Å². The molecular formula is C16H21N2Si. The molecule has 2 nitrogen and oxygen atoms in total. The molecule has 0 fully saturated rings. The van der Waals surface area contributed by atoms with Crippen LogP contribution in [0, 0.1) is 5.41 Å². The third-order valence-electron chi connectivity index (χ3n) is 3.75. The highest BCUT2D eigenvalue weighted by atomic mass is 28.3. The number of nitrogens with one attached hydrogen (secondary N) is 1. The van der Waals surface area contributed by atoms with Gasteiger partial charge in [-0.15, -0.1) is 0 Å². The van der Waals surface area contributed by atoms with Gasteiger partial charge in [0.1, 0.15) is 0 Å². The van der Waals surface area contributed by atoms with Crippen molar-refractivity contribution in [2.75, 3.05) is 13.6 Å². The maximum absolute atomic E-state index is 7.97. The Kier molecular flexibility index (Phi) is 4.05. The van der Waals surface area contributed by atoms with E-state index >= 15 is 0 Å². The molecule has 1 heterocycles. The zero-order chi connectivity index (χ0) is 14.0. The second kappa shape index (κ2) is 5.57. The Morgan fingerprint density at radius 2 is 2.16 bits per heavy atom. The van der Waals surface area contributed by atoms with Gasteiger partial charge in [-0.05, 0) is 17.2 Å². The minimum atomic E-state index is -0.416. The van der Waals surface area contributed by atoms with Crippen molar-refractivity contribution in [1.82, 2.24) is 4.90 Å². The monoisotopic (exact) mass is 269 g/mol. The van der Waals surface area contributed by atoms with E-state index in [2.05, 4.69) is 44.3 Å². The largest absolute Gasteiger partial charge is 0.369 e. The SMILES string of the molecule is C=C1C(=N)C=C(c2cccc([Si](C)CC)c2)CN1C. The predicted molar refractivity (Wildman–Crippen MR) is 85.6 cm³/mol. The molecule has 1 aliphatic rings. The Labute approximate surface area is 117 Å². The first-order chi connectivity index (χ1) is 9.02. The molecule has 0 amide bonds. The van der Waals surface area contributed by atoms with E-state index in [0.717, 1.165) is 12.2 Å². The van der Waals surface area contributed by atoms with E-state index in [1.165, 1.54) is 22.4 Å². The summed E-state index contributed by atoms with van der Waals surface area (Å²) in [7, 11) is 1.58. The van der Waals surface area contributed by atoms with Crippen molar-refractivity contribution in [3.63, 3.8) is 0 Å². The highest BCUT2D eigenvalue weighted by Crippen LogP contribution is 2.22. The van der Waals surface area contributed by atoms with Crippen LogP contribution in [0.3, 0.4) is 0 Å². The molecule has 1 aliphatic heterocycles. The third-order valence-corrected chi connectivity index (χ3v) is 6.11. The highest BCUT2D eigenvalue weighted by molar-refractivity contribution is 6.71. The van der Waals surface area contributed by atoms with Gasteiger partial charge >= 0.3 is 0 Å². The van der Waals surface area contributed by atoms with Crippen molar-refractivity contribution in [1.29, 1.82) is 5.41 Å². The molecule has 1 radical (unpaired) electrons. The maximum atomic E-state index is 7.97. The Morgan fingerprint density at radius 3 is 2.79 bits per heavy atom. The molecule has 0 saturated carbocycles. The van der Waals surface area contributed by atoms with Crippen molar-refractivity contribution < 1.29 is 0 Å². The van der Waals surface area contributed by atoms with E-state index < -0.39 is 8.80 Å². The first-order valence-corrected chi connectivity index (χ1v) is 8.86. The maximum Gasteiger partial charge on any atom is 0.0821 e. The van der Waals surface area contributed by atoms with Crippen molar-refractivity contribution in [3.8, 4) is 0 Å². The summed E-state index contributed by atoms with van der Waals surface area (Å²) in [6.45, 7) is 9.38. The molecule has 1 aromatic carbocycles. The van der Waals surface area contributed by atoms with E-state index in [9.17, 15) is 0 Å². The molecular weight excluding hydrogens is 248 g/mol. The summed E-state index contributed by atoms with van der Waals surface area (Å²) in [4.78, 5) is 2.04. The summed E-state index contributed by atoms with van der Waals surface area (Å²) < 4.78 is 0. The third kappa shape index (κ3) is 2.87. The number of hydrogen-bond acceptors (Lipinski definition) is 2. The molecule has 0 atom stereocenters. The van der Waals surface area contributed by atoms with Gasteiger partial charge in [-0.2, -0.15) is 0 Å². The molecule has 0 saturated heterocycles. The van der Waals surface area contributed by atoms with Gasteiger partial charge in [-0.25, -0.2) is 0 Å². The molecule has 1 aromatic rings. The molecule has 2 rings (SSSR count). The molecule has 0 spiro atoms. The molecule has 0 aromatic heterocycles. The van der Waals surface area contributed by atoms with Gasteiger partial charge in [0.2, 0.25) is 0 Å². The van der Waals surface area contributed by atoms with Crippen LogP contribution in [-0.2, 0) is 0 Å². The average Bonchev–Trinajstić information content (AvgIpc) is 2.43. The first kappa shape index (κ1) is 13.8. The van der Waals surface area contributed by atoms with Crippen LogP contribution < -0.4 is 5.19 Å². The zero-order valence-corrected chi connectivity index (χ0v) is 13.0. The first-order valence-electron chi connectivity index (χ1n) is 6.65. The van der Waals surface area contributed by atoms with Crippen LogP contribution in [0.4, 0.5) is 0 Å². The summed E-state index contributed by atoms with van der Waals surface area (Å²) in [5.41, 5.74) is 3.78. The number of likely N-dealkylation sites (N-methyl/N-ethyl adjacent to an activating group) is 1. The van der Waals surface area contributed by atoms with Crippen molar-refractivity contribution >= 4 is 25.3 Å². The van der Waals surface area contributed by atoms with Crippen LogP contribution in [0.2, 0.25) is 12.6 Å². The van der Waals surface area contributed by atoms with E-state index in [0.29, 0.717) is 5.71 Å². The number of rotatable bonds is 3. The van der Waals surface area contributed by atoms with E-state index in [-0.39, 0.29) is 0 Å². The molecule has 3 heteroatoms. The van der Waals surface area contributed by atoms with Crippen LogP contribution in [0.1, 0.15) is 12.5 Å². The fourth-order valence-electron chi connectivity index (χ4n) is 2.22. The lowest BCUT2D eigenvalue weighted by Crippen LogP contribution is -2.29. The number of allylic oxidation sites excluding steroid dienone is 1. The van der Waals surface area contributed by atoms with Crippen LogP contribution in [0.5, 0.6) is 0 Å². The standard InChI is InChI=1S/C16H21N2Si/c1-5-19(4)15-8-6-7-13(9-15)14-10-16(17)12(2)18(3)11-14/h6-10,17H,2,5,11H2,1,3-4H3. The Bertz CT molecular complexity index is 545. The van der Waals surface area contributed by atoms with Crippen molar-refractivity contribution in [2.45, 2.75) is 19.5 Å². The smallest absolute Gasteiger partial charge is 0.0821 e. The minimum absolute atomic E-state index is 0.416. The van der Waals surface area contributed by atoms with Gasteiger partial charge in [-0.3, -0.25) is 5.41 Å². The molecule has 0 unspecified atom stereocenters. The van der Waals surface area contributed by atoms with Gasteiger partial charge in [0.15, 0.2) is 0 Å². The Balaban J connectivity index is 2.35. The number of nitrogens with zero attached hydrogens (tertiary/aromatic N) is 1. The van der Waals surface area contributed by atoms with Crippen molar-refractivity contribution in [3.05, 3.63) is 48.2 Å². The lowest BCUT2D eigenvalue weighted by Gasteiger charge is -2.28. The summed E-state index contributed by atoms with van der Waals surface area (Å²) >= 11 is 0. The fourth-order valence-corrected chi connectivity index (χ4v) is 3.41. The Hall–Kier alpha value is -1.61. The average molecular weight is 269 g/mol. The normalized spacial score (nSPS) is 16.0.